The number of methoxy groups -OCH3 is 2. The molecule has 30 heavy (non-hydrogen) atoms. The van der Waals surface area contributed by atoms with E-state index in [2.05, 4.69) is 5.32 Å². The van der Waals surface area contributed by atoms with E-state index in [1.165, 1.54) is 0 Å². The highest BCUT2D eigenvalue weighted by Gasteiger charge is 2.28. The number of hydrogen-bond acceptors (Lipinski definition) is 5. The number of pyridine rings is 1. The van der Waals surface area contributed by atoms with Crippen LogP contribution >= 0.6 is 0 Å². The predicted octanol–water partition coefficient (Wildman–Crippen LogP) is 2.51. The quantitative estimate of drug-likeness (QED) is 0.816. The number of aromatic nitrogens is 1. The fourth-order valence-electron chi connectivity index (χ4n) is 4.08. The molecule has 7 nitrogen and oxygen atoms in total. The molecule has 1 amide bonds. The van der Waals surface area contributed by atoms with Crippen molar-refractivity contribution in [1.29, 1.82) is 0 Å². The minimum atomic E-state index is -0.115. The van der Waals surface area contributed by atoms with Gasteiger partial charge in [-0.25, -0.2) is 0 Å². The summed E-state index contributed by atoms with van der Waals surface area (Å²) in [6.07, 6.45) is 3.64. The lowest BCUT2D eigenvalue weighted by atomic mass is 9.96. The first-order valence-corrected chi connectivity index (χ1v) is 10.2. The van der Waals surface area contributed by atoms with Crippen molar-refractivity contribution in [2.24, 2.45) is 7.05 Å². The van der Waals surface area contributed by atoms with Gasteiger partial charge < -0.3 is 24.3 Å². The third-order valence-electron chi connectivity index (χ3n) is 6.14. The van der Waals surface area contributed by atoms with Crippen LogP contribution in [0.4, 0.5) is 0 Å². The van der Waals surface area contributed by atoms with Crippen LogP contribution in [0, 0.1) is 13.8 Å². The first kappa shape index (κ1) is 21.9. The zero-order valence-corrected chi connectivity index (χ0v) is 18.7. The highest BCUT2D eigenvalue weighted by atomic mass is 16.5. The zero-order valence-electron chi connectivity index (χ0n) is 18.7. The molecule has 7 heteroatoms. The van der Waals surface area contributed by atoms with E-state index in [0.717, 1.165) is 42.6 Å². The molecule has 1 aromatic heterocycles. The van der Waals surface area contributed by atoms with Crippen LogP contribution in [0.2, 0.25) is 0 Å². The number of piperidine rings is 1. The van der Waals surface area contributed by atoms with Crippen LogP contribution in [0.25, 0.3) is 11.1 Å². The van der Waals surface area contributed by atoms with Gasteiger partial charge in [0.25, 0.3) is 11.5 Å². The molecule has 162 valence electrons. The maximum Gasteiger partial charge on any atom is 0.261 e. The van der Waals surface area contributed by atoms with Crippen molar-refractivity contribution >= 4 is 5.91 Å². The van der Waals surface area contributed by atoms with E-state index in [9.17, 15) is 9.59 Å². The first-order chi connectivity index (χ1) is 14.3. The number of carbonyl (C=O) groups excluding carboxylic acids is 1. The number of carbonyl (C=O) groups is 1. The summed E-state index contributed by atoms with van der Waals surface area (Å²) in [5.41, 5.74) is 3.72. The Labute approximate surface area is 177 Å². The summed E-state index contributed by atoms with van der Waals surface area (Å²) in [5.74, 6) is 0.803. The van der Waals surface area contributed by atoms with Crippen LogP contribution in [0.1, 0.15) is 34.3 Å². The number of ether oxygens (including phenoxy) is 2. The summed E-state index contributed by atoms with van der Waals surface area (Å²) in [6.45, 7) is 5.55. The fourth-order valence-corrected chi connectivity index (χ4v) is 4.08. The van der Waals surface area contributed by atoms with Gasteiger partial charge in [-0.2, -0.15) is 0 Å². The Balaban J connectivity index is 2.10. The summed E-state index contributed by atoms with van der Waals surface area (Å²) < 4.78 is 12.8. The van der Waals surface area contributed by atoms with E-state index in [4.69, 9.17) is 9.47 Å². The molecule has 1 aromatic carbocycles. The van der Waals surface area contributed by atoms with Crippen LogP contribution in [0.15, 0.2) is 23.1 Å². The largest absolute Gasteiger partial charge is 0.496 e. The second kappa shape index (κ2) is 8.92. The monoisotopic (exact) mass is 413 g/mol. The Kier molecular flexibility index (Phi) is 6.51. The second-order valence-corrected chi connectivity index (χ2v) is 7.86. The predicted molar refractivity (Wildman–Crippen MR) is 118 cm³/mol. The maximum atomic E-state index is 13.4. The van der Waals surface area contributed by atoms with E-state index in [1.54, 1.807) is 30.7 Å². The molecule has 0 saturated carbocycles. The van der Waals surface area contributed by atoms with Crippen LogP contribution in [0.3, 0.4) is 0 Å². The number of nitrogens with one attached hydrogen (secondary N) is 1. The second-order valence-electron chi connectivity index (χ2n) is 7.86. The number of benzene rings is 1. The molecule has 2 aromatic rings. The van der Waals surface area contributed by atoms with Crippen LogP contribution in [-0.4, -0.2) is 55.8 Å². The molecule has 1 saturated heterocycles. The van der Waals surface area contributed by atoms with Crippen molar-refractivity contribution in [1.82, 2.24) is 14.8 Å². The Morgan fingerprint density at radius 2 is 1.67 bits per heavy atom. The van der Waals surface area contributed by atoms with Gasteiger partial charge in [0.15, 0.2) is 0 Å². The summed E-state index contributed by atoms with van der Waals surface area (Å²) in [6, 6.07) is 3.87. The first-order valence-electron chi connectivity index (χ1n) is 10.2. The van der Waals surface area contributed by atoms with Crippen molar-refractivity contribution in [2.45, 2.75) is 32.7 Å². The van der Waals surface area contributed by atoms with Gasteiger partial charge >= 0.3 is 0 Å². The number of hydrogen-bond donors (Lipinski definition) is 1. The van der Waals surface area contributed by atoms with E-state index in [0.29, 0.717) is 22.6 Å². The summed E-state index contributed by atoms with van der Waals surface area (Å²) in [4.78, 5) is 27.4. The number of rotatable bonds is 5. The van der Waals surface area contributed by atoms with Gasteiger partial charge in [-0.1, -0.05) is 0 Å². The highest BCUT2D eigenvalue weighted by Crippen LogP contribution is 2.37. The lowest BCUT2D eigenvalue weighted by Crippen LogP contribution is -2.44. The average Bonchev–Trinajstić information content (AvgIpc) is 2.78. The van der Waals surface area contributed by atoms with Gasteiger partial charge in [0.2, 0.25) is 0 Å². The van der Waals surface area contributed by atoms with Gasteiger partial charge in [0.05, 0.1) is 14.2 Å². The number of aryl methyl sites for hydroxylation is 1. The molecule has 0 unspecified atom stereocenters. The molecule has 1 aliphatic heterocycles. The number of nitrogens with zero attached hydrogens (tertiary/aromatic N) is 2. The SMILES string of the molecule is COc1cc(-c2cn(C)c(=O)c(C)c2C)cc(OC)c1C(=O)N(C)C1CCNCC1. The topological polar surface area (TPSA) is 72.8 Å². The van der Waals surface area contributed by atoms with Gasteiger partial charge in [0.1, 0.15) is 17.1 Å². The fraction of sp³-hybridized carbons (Fsp3) is 0.478. The molecule has 0 radical (unpaired) electrons. The van der Waals surface area contributed by atoms with Crippen molar-refractivity contribution in [2.75, 3.05) is 34.4 Å². The molecule has 1 N–H and O–H groups in total. The van der Waals surface area contributed by atoms with E-state index in [1.807, 2.05) is 39.2 Å². The van der Waals surface area contributed by atoms with Crippen molar-refractivity contribution < 1.29 is 14.3 Å². The molecule has 2 heterocycles. The summed E-state index contributed by atoms with van der Waals surface area (Å²) >= 11 is 0. The van der Waals surface area contributed by atoms with E-state index in [-0.39, 0.29) is 17.5 Å². The lowest BCUT2D eigenvalue weighted by molar-refractivity contribution is 0.0696. The Morgan fingerprint density at radius 1 is 1.10 bits per heavy atom. The van der Waals surface area contributed by atoms with E-state index >= 15 is 0 Å². The van der Waals surface area contributed by atoms with Crippen LogP contribution in [-0.2, 0) is 7.05 Å². The lowest BCUT2D eigenvalue weighted by Gasteiger charge is -2.32. The van der Waals surface area contributed by atoms with Gasteiger partial charge in [-0.05, 0) is 63.0 Å². The van der Waals surface area contributed by atoms with Crippen molar-refractivity contribution in [3.63, 3.8) is 0 Å². The van der Waals surface area contributed by atoms with Gasteiger partial charge in [0, 0.05) is 37.5 Å². The molecule has 1 fully saturated rings. The minimum absolute atomic E-state index is 0.0226. The smallest absolute Gasteiger partial charge is 0.261 e. The van der Waals surface area contributed by atoms with Crippen LogP contribution in [0.5, 0.6) is 11.5 Å². The normalized spacial score (nSPS) is 14.5. The molecule has 0 atom stereocenters. The van der Waals surface area contributed by atoms with Crippen LogP contribution < -0.4 is 20.3 Å². The molecular formula is C23H31N3O4. The van der Waals surface area contributed by atoms with Crippen molar-refractivity contribution in [3.8, 4) is 22.6 Å². The Bertz CT molecular complexity index is 981. The average molecular weight is 414 g/mol. The minimum Gasteiger partial charge on any atom is -0.496 e. The third-order valence-corrected chi connectivity index (χ3v) is 6.14. The third kappa shape index (κ3) is 3.94. The molecule has 3 rings (SSSR count). The standard InChI is InChI=1S/C23H31N3O4/c1-14-15(2)22(27)25(3)13-18(14)16-11-19(29-5)21(20(12-16)30-6)23(28)26(4)17-7-9-24-10-8-17/h11-13,17,24H,7-10H2,1-6H3. The van der Waals surface area contributed by atoms with Gasteiger partial charge in [-0.15, -0.1) is 0 Å². The molecule has 0 spiro atoms. The van der Waals surface area contributed by atoms with E-state index < -0.39 is 0 Å². The summed E-state index contributed by atoms with van der Waals surface area (Å²) in [5, 5.41) is 3.33. The Hall–Kier alpha value is -2.80. The molecule has 1 aliphatic rings. The maximum absolute atomic E-state index is 13.4. The summed E-state index contributed by atoms with van der Waals surface area (Å²) in [7, 11) is 6.68. The number of amides is 1. The molecule has 0 aliphatic carbocycles. The Morgan fingerprint density at radius 3 is 2.20 bits per heavy atom. The molecular weight excluding hydrogens is 382 g/mol. The highest BCUT2D eigenvalue weighted by molar-refractivity contribution is 6.00. The van der Waals surface area contributed by atoms with Gasteiger partial charge in [-0.3, -0.25) is 9.59 Å². The van der Waals surface area contributed by atoms with Crippen molar-refractivity contribution in [3.05, 3.63) is 45.4 Å². The zero-order chi connectivity index (χ0) is 22.0. The molecule has 0 bridgehead atoms.